The first-order valence-corrected chi connectivity index (χ1v) is 12.1. The van der Waals surface area contributed by atoms with Crippen LogP contribution in [0.3, 0.4) is 0 Å². The Morgan fingerprint density at radius 1 is 0.941 bits per heavy atom. The number of nitrogens with zero attached hydrogens (tertiary/aromatic N) is 2. The topological polar surface area (TPSA) is 56.1 Å². The van der Waals surface area contributed by atoms with Crippen LogP contribution in [-0.2, 0) is 13.0 Å². The molecule has 0 saturated carbocycles. The van der Waals surface area contributed by atoms with Crippen molar-refractivity contribution < 1.29 is 9.53 Å². The van der Waals surface area contributed by atoms with E-state index < -0.39 is 0 Å². The molecule has 1 aromatic heterocycles. The van der Waals surface area contributed by atoms with Crippen molar-refractivity contribution >= 4 is 16.9 Å². The quantitative estimate of drug-likeness (QED) is 0.288. The normalized spacial score (nSPS) is 11.0. The third kappa shape index (κ3) is 6.04. The van der Waals surface area contributed by atoms with E-state index in [2.05, 4.69) is 47.1 Å². The molecule has 0 saturated heterocycles. The average Bonchev–Trinajstić information content (AvgIpc) is 3.19. The molecule has 0 spiro atoms. The molecule has 3 aromatic carbocycles. The number of nitrogens with one attached hydrogen (secondary N) is 1. The van der Waals surface area contributed by atoms with Gasteiger partial charge >= 0.3 is 0 Å². The van der Waals surface area contributed by atoms with Crippen LogP contribution in [0.2, 0.25) is 0 Å². The minimum absolute atomic E-state index is 0.0137. The molecule has 0 aliphatic carbocycles. The Morgan fingerprint density at radius 3 is 2.62 bits per heavy atom. The summed E-state index contributed by atoms with van der Waals surface area (Å²) >= 11 is 0. The van der Waals surface area contributed by atoms with Gasteiger partial charge in [-0.3, -0.25) is 4.79 Å². The maximum Gasteiger partial charge on any atom is 0.251 e. The van der Waals surface area contributed by atoms with Gasteiger partial charge in [0.2, 0.25) is 0 Å². The Morgan fingerprint density at radius 2 is 1.76 bits per heavy atom. The fraction of sp³-hybridized carbons (Fsp3) is 0.310. The Kier molecular flexibility index (Phi) is 7.97. The lowest BCUT2D eigenvalue weighted by Gasteiger charge is -2.11. The van der Waals surface area contributed by atoms with Crippen molar-refractivity contribution in [3.8, 4) is 5.75 Å². The highest BCUT2D eigenvalue weighted by molar-refractivity contribution is 5.95. The molecule has 34 heavy (non-hydrogen) atoms. The molecule has 0 aliphatic heterocycles. The zero-order valence-corrected chi connectivity index (χ0v) is 20.1. The summed E-state index contributed by atoms with van der Waals surface area (Å²) in [5.41, 5.74) is 5.14. The summed E-state index contributed by atoms with van der Waals surface area (Å²) in [6.07, 6.45) is 3.66. The molecular formula is C29H33N3O2. The highest BCUT2D eigenvalue weighted by Gasteiger charge is 2.11. The Hall–Kier alpha value is -3.60. The lowest BCUT2D eigenvalue weighted by atomic mass is 10.1. The number of rotatable bonds is 11. The molecule has 0 atom stereocenters. The molecule has 4 aromatic rings. The predicted molar refractivity (Wildman–Crippen MR) is 137 cm³/mol. The van der Waals surface area contributed by atoms with Crippen LogP contribution in [0.4, 0.5) is 0 Å². The molecule has 4 rings (SSSR count). The second-order valence-electron chi connectivity index (χ2n) is 8.71. The number of hydrogen-bond donors (Lipinski definition) is 1. The standard InChI is InChI=1S/C29H33N3O2/c1-22-11-9-13-24(21-22)34-20-8-7-19-32-27-16-6-5-15-26(27)31-28(32)17-10-18-30-29(33)25-14-4-3-12-23(25)2/h3-6,9,11-16,21H,7-8,10,17-20H2,1-2H3,(H,30,33). The van der Waals surface area contributed by atoms with Crippen LogP contribution in [0.1, 0.15) is 46.6 Å². The largest absolute Gasteiger partial charge is 0.494 e. The van der Waals surface area contributed by atoms with Crippen LogP contribution in [0.5, 0.6) is 5.75 Å². The minimum atomic E-state index is -0.0137. The SMILES string of the molecule is Cc1cccc(OCCCCn2c(CCCNC(=O)c3ccccc3C)nc3ccccc32)c1. The highest BCUT2D eigenvalue weighted by atomic mass is 16.5. The van der Waals surface area contributed by atoms with Gasteiger partial charge in [-0.25, -0.2) is 4.98 Å². The van der Waals surface area contributed by atoms with E-state index in [0.717, 1.165) is 60.4 Å². The van der Waals surface area contributed by atoms with Crippen molar-refractivity contribution in [1.82, 2.24) is 14.9 Å². The van der Waals surface area contributed by atoms with Gasteiger partial charge in [-0.15, -0.1) is 0 Å². The molecule has 1 heterocycles. The summed E-state index contributed by atoms with van der Waals surface area (Å²) in [5, 5.41) is 3.05. The number of amides is 1. The minimum Gasteiger partial charge on any atom is -0.494 e. The van der Waals surface area contributed by atoms with E-state index in [9.17, 15) is 4.79 Å². The number of hydrogen-bond acceptors (Lipinski definition) is 3. The molecule has 0 radical (unpaired) electrons. The molecular weight excluding hydrogens is 422 g/mol. The number of aryl methyl sites for hydroxylation is 4. The second kappa shape index (κ2) is 11.5. The van der Waals surface area contributed by atoms with E-state index in [4.69, 9.17) is 9.72 Å². The predicted octanol–water partition coefficient (Wildman–Crippen LogP) is 5.87. The number of aromatic nitrogens is 2. The van der Waals surface area contributed by atoms with Gasteiger partial charge in [-0.1, -0.05) is 42.5 Å². The van der Waals surface area contributed by atoms with Crippen molar-refractivity contribution in [1.29, 1.82) is 0 Å². The molecule has 1 amide bonds. The van der Waals surface area contributed by atoms with Gasteiger partial charge in [-0.05, 0) is 74.6 Å². The second-order valence-corrected chi connectivity index (χ2v) is 8.71. The number of fused-ring (bicyclic) bond motifs is 1. The zero-order valence-electron chi connectivity index (χ0n) is 20.1. The smallest absolute Gasteiger partial charge is 0.251 e. The molecule has 0 aliphatic rings. The number of carbonyl (C=O) groups excluding carboxylic acids is 1. The number of carbonyl (C=O) groups is 1. The van der Waals surface area contributed by atoms with Crippen LogP contribution in [0.25, 0.3) is 11.0 Å². The van der Waals surface area contributed by atoms with Crippen molar-refractivity contribution in [3.63, 3.8) is 0 Å². The molecule has 5 nitrogen and oxygen atoms in total. The first kappa shape index (κ1) is 23.6. The summed E-state index contributed by atoms with van der Waals surface area (Å²) in [4.78, 5) is 17.3. The Labute approximate surface area is 201 Å². The number of imidazole rings is 1. The average molecular weight is 456 g/mol. The van der Waals surface area contributed by atoms with Gasteiger partial charge in [0.15, 0.2) is 0 Å². The number of para-hydroxylation sites is 2. The summed E-state index contributed by atoms with van der Waals surface area (Å²) in [7, 11) is 0. The molecule has 1 N–H and O–H groups in total. The van der Waals surface area contributed by atoms with Gasteiger partial charge in [-0.2, -0.15) is 0 Å². The van der Waals surface area contributed by atoms with E-state index in [1.165, 1.54) is 11.1 Å². The Bertz CT molecular complexity index is 1250. The van der Waals surface area contributed by atoms with Gasteiger partial charge in [0.25, 0.3) is 5.91 Å². The number of benzene rings is 3. The summed E-state index contributed by atoms with van der Waals surface area (Å²) in [5.74, 6) is 1.99. The summed E-state index contributed by atoms with van der Waals surface area (Å²) < 4.78 is 8.23. The van der Waals surface area contributed by atoms with Crippen LogP contribution in [0, 0.1) is 13.8 Å². The van der Waals surface area contributed by atoms with Crippen LogP contribution >= 0.6 is 0 Å². The summed E-state index contributed by atoms with van der Waals surface area (Å²) in [6.45, 7) is 6.27. The highest BCUT2D eigenvalue weighted by Crippen LogP contribution is 2.19. The van der Waals surface area contributed by atoms with Crippen molar-refractivity contribution in [2.45, 2.75) is 46.1 Å². The fourth-order valence-electron chi connectivity index (χ4n) is 4.20. The van der Waals surface area contributed by atoms with E-state index in [-0.39, 0.29) is 5.91 Å². The van der Waals surface area contributed by atoms with Crippen LogP contribution in [-0.4, -0.2) is 28.6 Å². The maximum atomic E-state index is 12.5. The van der Waals surface area contributed by atoms with E-state index >= 15 is 0 Å². The lowest BCUT2D eigenvalue weighted by Crippen LogP contribution is -2.25. The third-order valence-electron chi connectivity index (χ3n) is 6.02. The molecule has 0 bridgehead atoms. The van der Waals surface area contributed by atoms with Crippen LogP contribution in [0.15, 0.2) is 72.8 Å². The van der Waals surface area contributed by atoms with Gasteiger partial charge in [0.05, 0.1) is 17.6 Å². The maximum absolute atomic E-state index is 12.5. The molecule has 0 fully saturated rings. The van der Waals surface area contributed by atoms with Crippen molar-refractivity contribution in [3.05, 3.63) is 95.3 Å². The van der Waals surface area contributed by atoms with E-state index in [1.807, 2.05) is 49.4 Å². The van der Waals surface area contributed by atoms with Gasteiger partial charge in [0.1, 0.15) is 11.6 Å². The van der Waals surface area contributed by atoms with Gasteiger partial charge in [0, 0.05) is 25.1 Å². The monoisotopic (exact) mass is 455 g/mol. The van der Waals surface area contributed by atoms with E-state index in [1.54, 1.807) is 0 Å². The third-order valence-corrected chi connectivity index (χ3v) is 6.02. The summed E-state index contributed by atoms with van der Waals surface area (Å²) in [6, 6.07) is 24.1. The number of ether oxygens (including phenoxy) is 1. The first-order chi connectivity index (χ1) is 16.6. The first-order valence-electron chi connectivity index (χ1n) is 12.1. The lowest BCUT2D eigenvalue weighted by molar-refractivity contribution is 0.0952. The molecule has 176 valence electrons. The molecule has 0 unspecified atom stereocenters. The van der Waals surface area contributed by atoms with Crippen molar-refractivity contribution in [2.75, 3.05) is 13.2 Å². The Balaban J connectivity index is 1.30. The number of unbranched alkanes of at least 4 members (excludes halogenated alkanes) is 1. The van der Waals surface area contributed by atoms with E-state index in [0.29, 0.717) is 13.2 Å². The van der Waals surface area contributed by atoms with Crippen LogP contribution < -0.4 is 10.1 Å². The fourth-order valence-corrected chi connectivity index (χ4v) is 4.20. The van der Waals surface area contributed by atoms with Crippen molar-refractivity contribution in [2.24, 2.45) is 0 Å². The molecule has 5 heteroatoms. The zero-order chi connectivity index (χ0) is 23.8. The van der Waals surface area contributed by atoms with Gasteiger partial charge < -0.3 is 14.6 Å².